The number of carbonyl (C=O) groups is 1. The predicted octanol–water partition coefficient (Wildman–Crippen LogP) is 1.79. The van der Waals surface area contributed by atoms with Gasteiger partial charge in [-0.3, -0.25) is 0 Å². The predicted molar refractivity (Wildman–Crippen MR) is 72.9 cm³/mol. The zero-order valence-corrected chi connectivity index (χ0v) is 11.8. The molecule has 1 aromatic carbocycles. The van der Waals surface area contributed by atoms with Crippen molar-refractivity contribution in [1.82, 2.24) is 0 Å². The molecule has 0 radical (unpaired) electrons. The van der Waals surface area contributed by atoms with Crippen LogP contribution in [0.2, 0.25) is 5.02 Å². The molecule has 0 saturated carbocycles. The number of hydrogen-bond donors (Lipinski definition) is 1. The Balaban J connectivity index is 2.84. The molecule has 0 aliphatic carbocycles. The molecule has 1 rings (SSSR count). The van der Waals surface area contributed by atoms with E-state index in [1.807, 2.05) is 0 Å². The van der Waals surface area contributed by atoms with Gasteiger partial charge in [0.05, 0.1) is 18.7 Å². The summed E-state index contributed by atoms with van der Waals surface area (Å²) in [6, 6.07) is 3.54. The largest absolute Gasteiger partial charge is 0.493 e. The summed E-state index contributed by atoms with van der Waals surface area (Å²) in [6.07, 6.45) is 0.689. The second kappa shape index (κ2) is 7.86. The molecule has 0 amide bonds. The van der Waals surface area contributed by atoms with Crippen LogP contribution in [-0.2, 0) is 16.0 Å². The number of rotatable bonds is 7. The summed E-state index contributed by atoms with van der Waals surface area (Å²) < 4.78 is 15.3. The fourth-order valence-corrected chi connectivity index (χ4v) is 1.85. The van der Waals surface area contributed by atoms with Crippen molar-refractivity contribution < 1.29 is 19.0 Å². The number of ether oxygens (including phenoxy) is 3. The monoisotopic (exact) mass is 287 g/mol. The Labute approximate surface area is 117 Å². The van der Waals surface area contributed by atoms with Crippen LogP contribution in [0.3, 0.4) is 0 Å². The standard InChI is InChI=1S/C13H18ClNO4/c1-3-18-12(16)8-19-13-10(14)6-9(4-5-15)7-11(13)17-2/h6-7H,3-5,8,15H2,1-2H3. The summed E-state index contributed by atoms with van der Waals surface area (Å²) in [5.74, 6) is 0.352. The fraction of sp³-hybridized carbons (Fsp3) is 0.462. The normalized spacial score (nSPS) is 10.1. The molecule has 106 valence electrons. The van der Waals surface area contributed by atoms with E-state index in [1.54, 1.807) is 19.1 Å². The van der Waals surface area contributed by atoms with E-state index in [0.717, 1.165) is 5.56 Å². The number of carbonyl (C=O) groups excluding carboxylic acids is 1. The van der Waals surface area contributed by atoms with E-state index in [4.69, 9.17) is 31.5 Å². The maximum Gasteiger partial charge on any atom is 0.344 e. The quantitative estimate of drug-likeness (QED) is 0.774. The second-order valence-corrected chi connectivity index (χ2v) is 4.15. The van der Waals surface area contributed by atoms with Crippen molar-refractivity contribution in [1.29, 1.82) is 0 Å². The molecular formula is C13H18ClNO4. The minimum absolute atomic E-state index is 0.208. The molecule has 0 unspecified atom stereocenters. The first-order chi connectivity index (χ1) is 9.12. The lowest BCUT2D eigenvalue weighted by atomic mass is 10.1. The third-order valence-electron chi connectivity index (χ3n) is 2.36. The lowest BCUT2D eigenvalue weighted by molar-refractivity contribution is -0.145. The van der Waals surface area contributed by atoms with E-state index in [-0.39, 0.29) is 6.61 Å². The number of benzene rings is 1. The van der Waals surface area contributed by atoms with Crippen molar-refractivity contribution in [3.63, 3.8) is 0 Å². The highest BCUT2D eigenvalue weighted by atomic mass is 35.5. The van der Waals surface area contributed by atoms with Crippen molar-refractivity contribution in [3.05, 3.63) is 22.7 Å². The van der Waals surface area contributed by atoms with Crippen LogP contribution in [-0.4, -0.2) is 32.8 Å². The number of nitrogens with two attached hydrogens (primary N) is 1. The first-order valence-corrected chi connectivity index (χ1v) is 6.35. The summed E-state index contributed by atoms with van der Waals surface area (Å²) in [6.45, 7) is 2.35. The van der Waals surface area contributed by atoms with Crippen LogP contribution in [0.5, 0.6) is 11.5 Å². The molecule has 0 spiro atoms. The molecular weight excluding hydrogens is 270 g/mol. The average Bonchev–Trinajstić information content (AvgIpc) is 2.37. The molecule has 19 heavy (non-hydrogen) atoms. The maximum absolute atomic E-state index is 11.2. The van der Waals surface area contributed by atoms with Gasteiger partial charge in [-0.15, -0.1) is 0 Å². The maximum atomic E-state index is 11.2. The molecule has 6 heteroatoms. The Morgan fingerprint density at radius 1 is 1.42 bits per heavy atom. The molecule has 0 aromatic heterocycles. The molecule has 0 atom stereocenters. The van der Waals surface area contributed by atoms with Gasteiger partial charge < -0.3 is 19.9 Å². The summed E-state index contributed by atoms with van der Waals surface area (Å²) in [5.41, 5.74) is 6.45. The lowest BCUT2D eigenvalue weighted by Crippen LogP contribution is -2.15. The highest BCUT2D eigenvalue weighted by Gasteiger charge is 2.14. The smallest absolute Gasteiger partial charge is 0.344 e. The Hall–Kier alpha value is -1.46. The van der Waals surface area contributed by atoms with E-state index < -0.39 is 5.97 Å². The lowest BCUT2D eigenvalue weighted by Gasteiger charge is -2.13. The van der Waals surface area contributed by atoms with Gasteiger partial charge in [0.2, 0.25) is 0 Å². The Kier molecular flexibility index (Phi) is 6.45. The van der Waals surface area contributed by atoms with Crippen LogP contribution in [0.25, 0.3) is 0 Å². The molecule has 1 aromatic rings. The molecule has 5 nitrogen and oxygen atoms in total. The van der Waals surface area contributed by atoms with Gasteiger partial charge >= 0.3 is 5.97 Å². The van der Waals surface area contributed by atoms with Gasteiger partial charge in [0.1, 0.15) is 0 Å². The van der Waals surface area contributed by atoms with E-state index in [0.29, 0.717) is 36.1 Å². The molecule has 0 bridgehead atoms. The summed E-state index contributed by atoms with van der Waals surface area (Å²) >= 11 is 6.11. The van der Waals surface area contributed by atoms with Crippen molar-refractivity contribution in [2.45, 2.75) is 13.3 Å². The van der Waals surface area contributed by atoms with Crippen molar-refractivity contribution >= 4 is 17.6 Å². The minimum atomic E-state index is -0.452. The topological polar surface area (TPSA) is 70.8 Å². The summed E-state index contributed by atoms with van der Waals surface area (Å²) in [7, 11) is 1.51. The zero-order chi connectivity index (χ0) is 14.3. The average molecular weight is 288 g/mol. The van der Waals surface area contributed by atoms with Crippen LogP contribution < -0.4 is 15.2 Å². The zero-order valence-electron chi connectivity index (χ0n) is 11.1. The Bertz CT molecular complexity index is 437. The summed E-state index contributed by atoms with van der Waals surface area (Å²) in [4.78, 5) is 11.2. The van der Waals surface area contributed by atoms with Gasteiger partial charge in [0, 0.05) is 0 Å². The van der Waals surface area contributed by atoms with Crippen LogP contribution in [0.1, 0.15) is 12.5 Å². The fourth-order valence-electron chi connectivity index (χ4n) is 1.56. The van der Waals surface area contributed by atoms with Gasteiger partial charge in [-0.05, 0) is 37.6 Å². The number of methoxy groups -OCH3 is 1. The van der Waals surface area contributed by atoms with Crippen molar-refractivity contribution in [2.24, 2.45) is 5.73 Å². The summed E-state index contributed by atoms with van der Waals surface area (Å²) in [5, 5.41) is 0.382. The van der Waals surface area contributed by atoms with Gasteiger partial charge in [0.15, 0.2) is 18.1 Å². The number of hydrogen-bond acceptors (Lipinski definition) is 5. The van der Waals surface area contributed by atoms with Gasteiger partial charge in [-0.1, -0.05) is 11.6 Å². The van der Waals surface area contributed by atoms with Crippen LogP contribution in [0.4, 0.5) is 0 Å². The van der Waals surface area contributed by atoms with E-state index in [2.05, 4.69) is 0 Å². The number of halogens is 1. The molecule has 0 saturated heterocycles. The third-order valence-corrected chi connectivity index (χ3v) is 2.64. The van der Waals surface area contributed by atoms with Crippen molar-refractivity contribution in [3.8, 4) is 11.5 Å². The molecule has 0 heterocycles. The van der Waals surface area contributed by atoms with E-state index >= 15 is 0 Å². The highest BCUT2D eigenvalue weighted by Crippen LogP contribution is 2.36. The van der Waals surface area contributed by atoms with Crippen LogP contribution >= 0.6 is 11.6 Å². The third kappa shape index (κ3) is 4.61. The Morgan fingerprint density at radius 3 is 2.74 bits per heavy atom. The molecule has 0 aliphatic heterocycles. The highest BCUT2D eigenvalue weighted by molar-refractivity contribution is 6.32. The van der Waals surface area contributed by atoms with Gasteiger partial charge in [-0.2, -0.15) is 0 Å². The molecule has 0 fully saturated rings. The second-order valence-electron chi connectivity index (χ2n) is 3.74. The SMILES string of the molecule is CCOC(=O)COc1c(Cl)cc(CCN)cc1OC. The van der Waals surface area contributed by atoms with Crippen LogP contribution in [0, 0.1) is 0 Å². The molecule has 2 N–H and O–H groups in total. The van der Waals surface area contributed by atoms with Gasteiger partial charge in [0.25, 0.3) is 0 Å². The first-order valence-electron chi connectivity index (χ1n) is 5.97. The van der Waals surface area contributed by atoms with Crippen LogP contribution in [0.15, 0.2) is 12.1 Å². The van der Waals surface area contributed by atoms with E-state index in [9.17, 15) is 4.79 Å². The van der Waals surface area contributed by atoms with Gasteiger partial charge in [-0.25, -0.2) is 4.79 Å². The van der Waals surface area contributed by atoms with Crippen molar-refractivity contribution in [2.75, 3.05) is 26.9 Å². The molecule has 0 aliphatic rings. The minimum Gasteiger partial charge on any atom is -0.493 e. The van der Waals surface area contributed by atoms with E-state index in [1.165, 1.54) is 7.11 Å². The Morgan fingerprint density at radius 2 is 2.16 bits per heavy atom. The number of esters is 1. The first kappa shape index (κ1) is 15.6.